The Labute approximate surface area is 138 Å². The largest absolute Gasteiger partial charge is 0.398 e. The summed E-state index contributed by atoms with van der Waals surface area (Å²) in [5.74, 6) is 0. The van der Waals surface area contributed by atoms with E-state index in [1.807, 2.05) is 11.4 Å². The summed E-state index contributed by atoms with van der Waals surface area (Å²) in [6.07, 6.45) is 0. The van der Waals surface area contributed by atoms with Crippen LogP contribution in [0.3, 0.4) is 0 Å². The predicted octanol–water partition coefficient (Wildman–Crippen LogP) is 3.68. The molecule has 0 unspecified atom stereocenters. The Kier molecular flexibility index (Phi) is 4.91. The number of sulfonamides is 1. The summed E-state index contributed by atoms with van der Waals surface area (Å²) in [7, 11) is -2.07. The van der Waals surface area contributed by atoms with Crippen LogP contribution in [0.1, 0.15) is 4.88 Å². The molecule has 0 bridgehead atoms. The summed E-state index contributed by atoms with van der Waals surface area (Å²) in [4.78, 5) is 1.07. The molecule has 2 aromatic rings. The lowest BCUT2D eigenvalue weighted by molar-refractivity contribution is 0.470. The van der Waals surface area contributed by atoms with Crippen molar-refractivity contribution in [3.05, 3.63) is 43.5 Å². The van der Waals surface area contributed by atoms with Gasteiger partial charge in [0.2, 0.25) is 10.0 Å². The van der Waals surface area contributed by atoms with Gasteiger partial charge in [-0.1, -0.05) is 15.9 Å². The molecule has 0 radical (unpaired) electrons. The number of nitrogen functional groups attached to an aromatic ring is 1. The van der Waals surface area contributed by atoms with E-state index in [9.17, 15) is 8.42 Å². The Morgan fingerprint density at radius 2 is 1.95 bits per heavy atom. The van der Waals surface area contributed by atoms with Gasteiger partial charge in [0.05, 0.1) is 5.69 Å². The van der Waals surface area contributed by atoms with Crippen LogP contribution in [0, 0.1) is 0 Å². The smallest absolute Gasteiger partial charge is 0.245 e. The molecular weight excluding hydrogens is 428 g/mol. The van der Waals surface area contributed by atoms with E-state index in [1.165, 1.54) is 21.7 Å². The number of hydrogen-bond acceptors (Lipinski definition) is 4. The van der Waals surface area contributed by atoms with Crippen molar-refractivity contribution < 1.29 is 8.42 Å². The number of thiophene rings is 1. The molecule has 0 saturated heterocycles. The quantitative estimate of drug-likeness (QED) is 0.739. The summed E-state index contributed by atoms with van der Waals surface area (Å²) in [6.45, 7) is 0.310. The first-order chi connectivity index (χ1) is 9.30. The van der Waals surface area contributed by atoms with E-state index < -0.39 is 10.0 Å². The number of hydrogen-bond donors (Lipinski definition) is 1. The molecule has 8 heteroatoms. The van der Waals surface area contributed by atoms with E-state index in [0.29, 0.717) is 11.0 Å². The maximum atomic E-state index is 12.5. The summed E-state index contributed by atoms with van der Waals surface area (Å²) in [5.41, 5.74) is 6.02. The maximum absolute atomic E-state index is 12.5. The third kappa shape index (κ3) is 3.43. The first kappa shape index (κ1) is 16.0. The monoisotopic (exact) mass is 438 g/mol. The second kappa shape index (κ2) is 6.15. The van der Waals surface area contributed by atoms with Gasteiger partial charge < -0.3 is 5.73 Å². The third-order valence-corrected chi connectivity index (χ3v) is 6.70. The molecule has 0 aliphatic heterocycles. The number of anilines is 1. The molecule has 0 spiro atoms. The minimum Gasteiger partial charge on any atom is -0.398 e. The molecule has 0 saturated carbocycles. The topological polar surface area (TPSA) is 63.4 Å². The zero-order chi connectivity index (χ0) is 14.9. The first-order valence-electron chi connectivity index (χ1n) is 5.55. The third-order valence-electron chi connectivity index (χ3n) is 2.66. The fourth-order valence-electron chi connectivity index (χ4n) is 1.64. The van der Waals surface area contributed by atoms with E-state index >= 15 is 0 Å². The lowest BCUT2D eigenvalue weighted by Gasteiger charge is -2.17. The highest BCUT2D eigenvalue weighted by Gasteiger charge is 2.24. The Morgan fingerprint density at radius 1 is 1.25 bits per heavy atom. The van der Waals surface area contributed by atoms with Crippen molar-refractivity contribution in [2.45, 2.75) is 11.4 Å². The van der Waals surface area contributed by atoms with Crippen molar-refractivity contribution in [1.82, 2.24) is 4.31 Å². The normalized spacial score (nSPS) is 12.0. The van der Waals surface area contributed by atoms with Crippen LogP contribution in [0.4, 0.5) is 5.69 Å². The van der Waals surface area contributed by atoms with Crippen LogP contribution >= 0.6 is 43.2 Å². The van der Waals surface area contributed by atoms with Gasteiger partial charge in [-0.25, -0.2) is 8.42 Å². The highest BCUT2D eigenvalue weighted by molar-refractivity contribution is 9.10. The molecule has 108 valence electrons. The Hall–Kier alpha value is -0.410. The van der Waals surface area contributed by atoms with Crippen molar-refractivity contribution in [2.24, 2.45) is 0 Å². The van der Waals surface area contributed by atoms with Gasteiger partial charge in [0.1, 0.15) is 4.90 Å². The molecule has 1 aromatic carbocycles. The molecule has 0 amide bonds. The minimum absolute atomic E-state index is 0.116. The van der Waals surface area contributed by atoms with Crippen molar-refractivity contribution in [3.63, 3.8) is 0 Å². The molecule has 0 atom stereocenters. The number of nitrogens with zero attached hydrogens (tertiary/aromatic N) is 1. The van der Waals surface area contributed by atoms with Crippen molar-refractivity contribution in [2.75, 3.05) is 12.8 Å². The van der Waals surface area contributed by atoms with Crippen molar-refractivity contribution in [1.29, 1.82) is 0 Å². The van der Waals surface area contributed by atoms with Gasteiger partial charge in [-0.3, -0.25) is 0 Å². The molecule has 4 nitrogen and oxygen atoms in total. The Balaban J connectivity index is 2.32. The van der Waals surface area contributed by atoms with Gasteiger partial charge in [-0.2, -0.15) is 4.31 Å². The van der Waals surface area contributed by atoms with Gasteiger partial charge in [0.15, 0.2) is 0 Å². The molecule has 0 fully saturated rings. The molecule has 0 aliphatic carbocycles. The fourth-order valence-corrected chi connectivity index (χ4v) is 5.03. The maximum Gasteiger partial charge on any atom is 0.245 e. The van der Waals surface area contributed by atoms with Crippen LogP contribution in [0.15, 0.2) is 43.5 Å². The molecule has 2 N–H and O–H groups in total. The Bertz CT molecular complexity index is 729. The lowest BCUT2D eigenvalue weighted by atomic mass is 10.3. The van der Waals surface area contributed by atoms with Gasteiger partial charge in [-0.05, 0) is 40.2 Å². The summed E-state index contributed by atoms with van der Waals surface area (Å²) in [5, 5.41) is 1.92. The zero-order valence-electron chi connectivity index (χ0n) is 10.5. The van der Waals surface area contributed by atoms with Crippen LogP contribution in [-0.4, -0.2) is 19.8 Å². The van der Waals surface area contributed by atoms with E-state index in [0.717, 1.165) is 9.35 Å². The SMILES string of the molecule is CN(Cc1cc(Br)cs1)S(=O)(=O)c1cc(Br)ccc1N. The van der Waals surface area contributed by atoms with Crippen molar-refractivity contribution in [3.8, 4) is 0 Å². The van der Waals surface area contributed by atoms with E-state index in [2.05, 4.69) is 31.9 Å². The lowest BCUT2D eigenvalue weighted by Crippen LogP contribution is -2.26. The molecule has 1 aromatic heterocycles. The van der Waals surface area contributed by atoms with Crippen LogP contribution in [0.2, 0.25) is 0 Å². The summed E-state index contributed by atoms with van der Waals surface area (Å²) in [6, 6.07) is 6.71. The fraction of sp³-hybridized carbons (Fsp3) is 0.167. The Morgan fingerprint density at radius 3 is 2.55 bits per heavy atom. The minimum atomic E-state index is -3.61. The van der Waals surface area contributed by atoms with Gasteiger partial charge in [0.25, 0.3) is 0 Å². The van der Waals surface area contributed by atoms with E-state index in [4.69, 9.17) is 5.73 Å². The summed E-state index contributed by atoms with van der Waals surface area (Å²) >= 11 is 8.12. The van der Waals surface area contributed by atoms with E-state index in [-0.39, 0.29) is 10.6 Å². The highest BCUT2D eigenvalue weighted by atomic mass is 79.9. The van der Waals surface area contributed by atoms with Gasteiger partial charge in [-0.15, -0.1) is 11.3 Å². The zero-order valence-corrected chi connectivity index (χ0v) is 15.3. The van der Waals surface area contributed by atoms with E-state index in [1.54, 1.807) is 19.2 Å². The highest BCUT2D eigenvalue weighted by Crippen LogP contribution is 2.27. The second-order valence-corrected chi connectivity index (χ2v) is 9.01. The van der Waals surface area contributed by atoms with Crippen LogP contribution in [0.25, 0.3) is 0 Å². The van der Waals surface area contributed by atoms with Crippen LogP contribution in [0.5, 0.6) is 0 Å². The second-order valence-electron chi connectivity index (χ2n) is 4.17. The van der Waals surface area contributed by atoms with Gasteiger partial charge >= 0.3 is 0 Å². The number of rotatable bonds is 4. The average Bonchev–Trinajstić information content (AvgIpc) is 2.77. The predicted molar refractivity (Wildman–Crippen MR) is 89.2 cm³/mol. The molecular formula is C12H12Br2N2O2S2. The average molecular weight is 440 g/mol. The number of benzene rings is 1. The number of nitrogens with two attached hydrogens (primary N) is 1. The molecule has 1 heterocycles. The molecule has 20 heavy (non-hydrogen) atoms. The van der Waals surface area contributed by atoms with Crippen LogP contribution in [-0.2, 0) is 16.6 Å². The molecule has 0 aliphatic rings. The molecule has 2 rings (SSSR count). The number of halogens is 2. The first-order valence-corrected chi connectivity index (χ1v) is 9.45. The standard InChI is InChI=1S/C12H12Br2N2O2S2/c1-16(6-10-4-9(14)7-19-10)20(17,18)12-5-8(13)2-3-11(12)15/h2-5,7H,6,15H2,1H3. The summed E-state index contributed by atoms with van der Waals surface area (Å²) < 4.78 is 28.0. The van der Waals surface area contributed by atoms with Crippen molar-refractivity contribution >= 4 is 58.9 Å². The van der Waals surface area contributed by atoms with Gasteiger partial charge in [0, 0.05) is 32.8 Å². The van der Waals surface area contributed by atoms with Crippen LogP contribution < -0.4 is 5.73 Å².